The number of aliphatic carboxylic acids is 1. The first-order valence-electron chi connectivity index (χ1n) is 20.1. The van der Waals surface area contributed by atoms with Crippen LogP contribution < -0.4 is 5.11 Å². The average Bonchev–Trinajstić information content (AvgIpc) is 3.08. The molecule has 0 aromatic heterocycles. The fourth-order valence-corrected chi connectivity index (χ4v) is 5.25. The lowest BCUT2D eigenvalue weighted by atomic mass is 10.1. The van der Waals surface area contributed by atoms with E-state index in [2.05, 4.69) is 50.3 Å². The molecular weight excluding hydrogens is 646 g/mol. The van der Waals surface area contributed by atoms with Crippen LogP contribution >= 0.6 is 0 Å². The second-order valence-corrected chi connectivity index (χ2v) is 14.5. The predicted molar refractivity (Wildman–Crippen MR) is 205 cm³/mol. The van der Waals surface area contributed by atoms with Crippen molar-refractivity contribution in [1.82, 2.24) is 0 Å². The van der Waals surface area contributed by atoms with Crippen molar-refractivity contribution in [3.8, 4) is 0 Å². The van der Waals surface area contributed by atoms with Crippen LogP contribution in [-0.4, -0.2) is 82.3 Å². The van der Waals surface area contributed by atoms with Crippen molar-refractivity contribution in [2.75, 3.05) is 47.5 Å². The molecule has 0 amide bonds. The molecule has 0 radical (unpaired) electrons. The first-order valence-corrected chi connectivity index (χ1v) is 20.1. The molecule has 0 aliphatic heterocycles. The van der Waals surface area contributed by atoms with Crippen LogP contribution in [0.2, 0.25) is 0 Å². The molecule has 0 saturated carbocycles. The molecule has 0 aliphatic rings. The zero-order chi connectivity index (χ0) is 37.8. The van der Waals surface area contributed by atoms with E-state index in [1.54, 1.807) is 0 Å². The van der Waals surface area contributed by atoms with Crippen molar-refractivity contribution in [2.24, 2.45) is 0 Å². The summed E-state index contributed by atoms with van der Waals surface area (Å²) in [6.45, 7) is 4.57. The zero-order valence-corrected chi connectivity index (χ0v) is 33.2. The Kier molecular flexibility index (Phi) is 32.9. The number of esters is 2. The van der Waals surface area contributed by atoms with Crippen LogP contribution in [0.3, 0.4) is 0 Å². The number of rotatable bonds is 36. The largest absolute Gasteiger partial charge is 0.545 e. The number of carbonyl (C=O) groups is 3. The summed E-state index contributed by atoms with van der Waals surface area (Å²) in [6, 6.07) is 0. The van der Waals surface area contributed by atoms with Crippen LogP contribution in [0.15, 0.2) is 36.5 Å². The molecule has 0 spiro atoms. The molecule has 9 heteroatoms. The van der Waals surface area contributed by atoms with Gasteiger partial charge in [0.2, 0.25) is 0 Å². The summed E-state index contributed by atoms with van der Waals surface area (Å²) < 4.78 is 22.4. The van der Waals surface area contributed by atoms with Crippen LogP contribution in [0.1, 0.15) is 155 Å². The van der Waals surface area contributed by atoms with Gasteiger partial charge in [0, 0.05) is 12.8 Å². The van der Waals surface area contributed by atoms with E-state index in [1.807, 2.05) is 21.1 Å². The number of unbranched alkanes of at least 4 members (excludes halogenated alkanes) is 15. The number of carbonyl (C=O) groups excluding carboxylic acids is 3. The van der Waals surface area contributed by atoms with Gasteiger partial charge in [-0.2, -0.15) is 0 Å². The van der Waals surface area contributed by atoms with E-state index in [9.17, 15) is 19.5 Å². The summed E-state index contributed by atoms with van der Waals surface area (Å²) in [6.07, 6.45) is 33.2. The van der Waals surface area contributed by atoms with Gasteiger partial charge in [-0.05, 0) is 44.9 Å². The highest BCUT2D eigenvalue weighted by atomic mass is 16.7. The van der Waals surface area contributed by atoms with Gasteiger partial charge in [-0.3, -0.25) is 9.59 Å². The van der Waals surface area contributed by atoms with Gasteiger partial charge >= 0.3 is 11.9 Å². The molecule has 9 nitrogen and oxygen atoms in total. The summed E-state index contributed by atoms with van der Waals surface area (Å²) in [4.78, 5) is 36.7. The predicted octanol–water partition coefficient (Wildman–Crippen LogP) is 8.55. The Bertz CT molecular complexity index is 940. The molecule has 0 aliphatic carbocycles. The van der Waals surface area contributed by atoms with Crippen LogP contribution in [-0.2, 0) is 33.3 Å². The van der Waals surface area contributed by atoms with Crippen molar-refractivity contribution in [2.45, 2.75) is 167 Å². The van der Waals surface area contributed by atoms with E-state index < -0.39 is 24.3 Å². The maximum atomic E-state index is 12.7. The third-order valence-corrected chi connectivity index (χ3v) is 8.40. The third-order valence-electron chi connectivity index (χ3n) is 8.40. The summed E-state index contributed by atoms with van der Waals surface area (Å²) in [5.74, 6) is -2.30. The molecule has 0 fully saturated rings. The first kappa shape index (κ1) is 48.5. The second kappa shape index (κ2) is 34.6. The standard InChI is InChI=1S/C42H75NO8/c1-6-8-10-12-14-16-17-18-19-20-21-22-23-25-27-29-31-33-40(45)51-38(37-50-42(41(46)47)48-35-34-43(3,4)5)36-49-39(44)32-30-28-26-24-15-13-11-9-7-2/h8,10,14,16,18-19,38,42H,6-7,9,11-13,15,17,20-37H2,1-5H3/b10-8-,16-14-,19-18-. The van der Waals surface area contributed by atoms with E-state index >= 15 is 0 Å². The van der Waals surface area contributed by atoms with Gasteiger partial charge in [0.15, 0.2) is 12.4 Å². The lowest BCUT2D eigenvalue weighted by Crippen LogP contribution is -2.44. The quantitative estimate of drug-likeness (QED) is 0.0208. The molecule has 0 aromatic carbocycles. The monoisotopic (exact) mass is 722 g/mol. The number of carboxylic acid groups (broad SMARTS) is 1. The smallest absolute Gasteiger partial charge is 0.306 e. The van der Waals surface area contributed by atoms with E-state index in [0.717, 1.165) is 64.2 Å². The van der Waals surface area contributed by atoms with Crippen LogP contribution in [0.25, 0.3) is 0 Å². The summed E-state index contributed by atoms with van der Waals surface area (Å²) in [7, 11) is 5.89. The summed E-state index contributed by atoms with van der Waals surface area (Å²) >= 11 is 0. The van der Waals surface area contributed by atoms with E-state index in [1.165, 1.54) is 57.8 Å². The zero-order valence-electron chi connectivity index (χ0n) is 33.2. The Hall–Kier alpha value is -2.49. The maximum Gasteiger partial charge on any atom is 0.306 e. The van der Waals surface area contributed by atoms with Crippen molar-refractivity contribution in [3.05, 3.63) is 36.5 Å². The van der Waals surface area contributed by atoms with Crippen molar-refractivity contribution in [3.63, 3.8) is 0 Å². The number of likely N-dealkylation sites (N-methyl/N-ethyl adjacent to an activating group) is 1. The topological polar surface area (TPSA) is 111 Å². The Balaban J connectivity index is 4.48. The third kappa shape index (κ3) is 35.7. The van der Waals surface area contributed by atoms with E-state index in [-0.39, 0.29) is 32.2 Å². The highest BCUT2D eigenvalue weighted by Crippen LogP contribution is 2.13. The molecule has 0 heterocycles. The number of carboxylic acids is 1. The number of allylic oxidation sites excluding steroid dienone is 6. The molecule has 0 bridgehead atoms. The SMILES string of the molecule is CC/C=C\C/C=C\C/C=C\CCCCCCCCCC(=O)OC(COC(=O)CCCCCCCCCCC)COC(OCC[N+](C)(C)C)C(=O)[O-]. The van der Waals surface area contributed by atoms with E-state index in [4.69, 9.17) is 18.9 Å². The van der Waals surface area contributed by atoms with Crippen LogP contribution in [0.5, 0.6) is 0 Å². The summed E-state index contributed by atoms with van der Waals surface area (Å²) in [5, 5.41) is 11.6. The normalized spacial score (nSPS) is 13.4. The first-order chi connectivity index (χ1) is 24.6. The van der Waals surface area contributed by atoms with Crippen molar-refractivity contribution in [1.29, 1.82) is 0 Å². The molecule has 296 valence electrons. The Morgan fingerprint density at radius 2 is 1.12 bits per heavy atom. The Morgan fingerprint density at radius 1 is 0.608 bits per heavy atom. The van der Waals surface area contributed by atoms with Gasteiger partial charge in [0.25, 0.3) is 0 Å². The number of quaternary nitrogens is 1. The molecule has 2 atom stereocenters. The minimum Gasteiger partial charge on any atom is -0.545 e. The lowest BCUT2D eigenvalue weighted by Gasteiger charge is -2.26. The Labute approximate surface area is 311 Å². The number of ether oxygens (including phenoxy) is 4. The summed E-state index contributed by atoms with van der Waals surface area (Å²) in [5.41, 5.74) is 0. The minimum absolute atomic E-state index is 0.146. The Morgan fingerprint density at radius 3 is 1.67 bits per heavy atom. The highest BCUT2D eigenvalue weighted by Gasteiger charge is 2.21. The molecule has 0 rings (SSSR count). The van der Waals surface area contributed by atoms with Gasteiger partial charge in [-0.15, -0.1) is 0 Å². The number of hydrogen-bond donors (Lipinski definition) is 0. The average molecular weight is 722 g/mol. The number of hydrogen-bond acceptors (Lipinski definition) is 8. The van der Waals surface area contributed by atoms with Crippen molar-refractivity contribution < 1.29 is 42.9 Å². The number of nitrogens with zero attached hydrogens (tertiary/aromatic N) is 1. The molecule has 0 saturated heterocycles. The van der Waals surface area contributed by atoms with Gasteiger partial charge in [0.1, 0.15) is 13.2 Å². The lowest BCUT2D eigenvalue weighted by molar-refractivity contribution is -0.870. The highest BCUT2D eigenvalue weighted by molar-refractivity contribution is 5.70. The second-order valence-electron chi connectivity index (χ2n) is 14.5. The van der Waals surface area contributed by atoms with Crippen molar-refractivity contribution >= 4 is 17.9 Å². The fraction of sp³-hybridized carbons (Fsp3) is 0.786. The van der Waals surface area contributed by atoms with Gasteiger partial charge in [0.05, 0.1) is 40.3 Å². The van der Waals surface area contributed by atoms with Gasteiger partial charge in [-0.25, -0.2) is 0 Å². The minimum atomic E-state index is -1.62. The van der Waals surface area contributed by atoms with Gasteiger partial charge in [-0.1, -0.05) is 134 Å². The maximum absolute atomic E-state index is 12.7. The fourth-order valence-electron chi connectivity index (χ4n) is 5.25. The molecule has 0 aromatic rings. The van der Waals surface area contributed by atoms with Gasteiger partial charge < -0.3 is 33.3 Å². The molecule has 0 N–H and O–H groups in total. The molecule has 2 unspecified atom stereocenters. The molecule has 51 heavy (non-hydrogen) atoms. The van der Waals surface area contributed by atoms with Crippen LogP contribution in [0, 0.1) is 0 Å². The molecular formula is C42H75NO8. The van der Waals surface area contributed by atoms with E-state index in [0.29, 0.717) is 23.9 Å². The van der Waals surface area contributed by atoms with Crippen LogP contribution in [0.4, 0.5) is 0 Å².